The molecule has 0 aliphatic carbocycles. The van der Waals surface area contributed by atoms with E-state index in [1.54, 1.807) is 18.2 Å². The van der Waals surface area contributed by atoms with Gasteiger partial charge in [0, 0.05) is 5.02 Å². The first-order valence-corrected chi connectivity index (χ1v) is 6.40. The molecular weight excluding hydrogens is 252 g/mol. The Balaban J connectivity index is 2.88. The minimum Gasteiger partial charge on any atom is -0.493 e. The predicted molar refractivity (Wildman–Crippen MR) is 73.5 cm³/mol. The van der Waals surface area contributed by atoms with Crippen LogP contribution in [0.1, 0.15) is 32.3 Å². The van der Waals surface area contributed by atoms with E-state index in [9.17, 15) is 0 Å². The van der Waals surface area contributed by atoms with Crippen LogP contribution in [-0.4, -0.2) is 17.6 Å². The van der Waals surface area contributed by atoms with Crippen LogP contribution in [0.3, 0.4) is 0 Å². The van der Waals surface area contributed by atoms with Gasteiger partial charge in [-0.1, -0.05) is 43.4 Å². The van der Waals surface area contributed by atoms with Crippen molar-refractivity contribution in [3.05, 3.63) is 28.8 Å². The lowest BCUT2D eigenvalue weighted by molar-refractivity contribution is 0.240. The summed E-state index contributed by atoms with van der Waals surface area (Å²) in [5.41, 5.74) is 6.11. The molecule has 0 unspecified atom stereocenters. The number of rotatable bonds is 6. The molecule has 100 valence electrons. The van der Waals surface area contributed by atoms with Gasteiger partial charge in [-0.05, 0) is 24.1 Å². The number of nitrogens with zero attached hydrogens (tertiary/aromatic N) is 1. The lowest BCUT2D eigenvalue weighted by Gasteiger charge is -2.16. The van der Waals surface area contributed by atoms with Crippen LogP contribution in [0.4, 0.5) is 0 Å². The summed E-state index contributed by atoms with van der Waals surface area (Å²) in [5.74, 6) is 1.08. The van der Waals surface area contributed by atoms with Crippen molar-refractivity contribution in [1.29, 1.82) is 0 Å². The van der Waals surface area contributed by atoms with E-state index in [1.807, 2.05) is 0 Å². The zero-order valence-corrected chi connectivity index (χ0v) is 11.4. The molecule has 0 aromatic heterocycles. The first-order chi connectivity index (χ1) is 8.62. The minimum absolute atomic E-state index is 0.00273. The highest BCUT2D eigenvalue weighted by Gasteiger charge is 2.11. The van der Waals surface area contributed by atoms with Crippen molar-refractivity contribution in [2.45, 2.75) is 26.7 Å². The Morgan fingerprint density at radius 2 is 2.11 bits per heavy atom. The second kappa shape index (κ2) is 7.11. The van der Waals surface area contributed by atoms with Gasteiger partial charge in [0.2, 0.25) is 0 Å². The number of ether oxygens (including phenoxy) is 1. The molecule has 3 N–H and O–H groups in total. The monoisotopic (exact) mass is 270 g/mol. The Hall–Kier alpha value is -1.42. The van der Waals surface area contributed by atoms with Crippen LogP contribution in [0.2, 0.25) is 5.02 Å². The van der Waals surface area contributed by atoms with Crippen LogP contribution in [0.15, 0.2) is 23.4 Å². The molecule has 0 radical (unpaired) electrons. The lowest BCUT2D eigenvalue weighted by Crippen LogP contribution is -2.17. The maximum Gasteiger partial charge on any atom is 0.173 e. The van der Waals surface area contributed by atoms with E-state index in [0.717, 1.165) is 12.8 Å². The van der Waals surface area contributed by atoms with Gasteiger partial charge in [0.1, 0.15) is 5.75 Å². The molecule has 1 aromatic carbocycles. The molecule has 0 atom stereocenters. The number of benzene rings is 1. The highest BCUT2D eigenvalue weighted by Crippen LogP contribution is 2.24. The molecule has 5 heteroatoms. The van der Waals surface area contributed by atoms with E-state index in [0.29, 0.717) is 28.9 Å². The zero-order chi connectivity index (χ0) is 13.5. The van der Waals surface area contributed by atoms with Crippen molar-refractivity contribution >= 4 is 17.4 Å². The second-order valence-electron chi connectivity index (χ2n) is 4.12. The average Bonchev–Trinajstić information content (AvgIpc) is 2.40. The Morgan fingerprint density at radius 3 is 2.67 bits per heavy atom. The summed E-state index contributed by atoms with van der Waals surface area (Å²) in [4.78, 5) is 0. The van der Waals surface area contributed by atoms with Gasteiger partial charge in [0.05, 0.1) is 12.2 Å². The Bertz CT molecular complexity index is 417. The molecule has 0 spiro atoms. The average molecular weight is 271 g/mol. The van der Waals surface area contributed by atoms with Gasteiger partial charge in [0.25, 0.3) is 0 Å². The largest absolute Gasteiger partial charge is 0.493 e. The molecule has 0 amide bonds. The van der Waals surface area contributed by atoms with Crippen molar-refractivity contribution in [2.75, 3.05) is 6.61 Å². The first-order valence-electron chi connectivity index (χ1n) is 6.02. The van der Waals surface area contributed by atoms with Crippen LogP contribution in [0.5, 0.6) is 5.75 Å². The number of oxime groups is 1. The predicted octanol–water partition coefficient (Wildman–Crippen LogP) is 3.25. The Labute approximate surface area is 112 Å². The van der Waals surface area contributed by atoms with E-state index in [1.165, 1.54) is 0 Å². The zero-order valence-electron chi connectivity index (χ0n) is 10.7. The highest BCUT2D eigenvalue weighted by atomic mass is 35.5. The van der Waals surface area contributed by atoms with Gasteiger partial charge in [-0.2, -0.15) is 0 Å². The molecule has 1 rings (SSSR count). The van der Waals surface area contributed by atoms with Crippen molar-refractivity contribution in [3.63, 3.8) is 0 Å². The maximum absolute atomic E-state index is 8.74. The SMILES string of the molecule is CCC(CC)COc1ccc(Cl)cc1/C(N)=N/O. The van der Waals surface area contributed by atoms with Crippen molar-refractivity contribution in [2.24, 2.45) is 16.8 Å². The molecule has 0 bridgehead atoms. The molecule has 0 heterocycles. The fourth-order valence-corrected chi connectivity index (χ4v) is 1.79. The van der Waals surface area contributed by atoms with Gasteiger partial charge >= 0.3 is 0 Å². The summed E-state index contributed by atoms with van der Waals surface area (Å²) >= 11 is 5.89. The Kier molecular flexibility index (Phi) is 5.78. The summed E-state index contributed by atoms with van der Waals surface area (Å²) in [7, 11) is 0. The third kappa shape index (κ3) is 3.81. The topological polar surface area (TPSA) is 67.8 Å². The quantitative estimate of drug-likeness (QED) is 0.361. The standard InChI is InChI=1S/C13H19ClN2O2/c1-3-9(4-2)8-18-12-6-5-10(14)7-11(12)13(15)16-17/h5-7,9,17H,3-4,8H2,1-2H3,(H2,15,16). The molecule has 0 aliphatic heterocycles. The first kappa shape index (κ1) is 14.6. The van der Waals surface area contributed by atoms with Gasteiger partial charge in [0.15, 0.2) is 5.84 Å². The van der Waals surface area contributed by atoms with Gasteiger partial charge < -0.3 is 15.7 Å². The highest BCUT2D eigenvalue weighted by molar-refractivity contribution is 6.31. The number of halogens is 1. The van der Waals surface area contributed by atoms with Crippen molar-refractivity contribution in [1.82, 2.24) is 0 Å². The number of hydrogen-bond donors (Lipinski definition) is 2. The number of nitrogens with two attached hydrogens (primary N) is 1. The third-order valence-electron chi connectivity index (χ3n) is 2.95. The number of hydrogen-bond acceptors (Lipinski definition) is 3. The molecule has 0 fully saturated rings. The molecule has 0 aliphatic rings. The summed E-state index contributed by atoms with van der Waals surface area (Å²) in [6, 6.07) is 5.08. The number of amidine groups is 1. The van der Waals surface area contributed by atoms with E-state index in [-0.39, 0.29) is 5.84 Å². The van der Waals surface area contributed by atoms with Crippen LogP contribution >= 0.6 is 11.6 Å². The summed E-state index contributed by atoms with van der Waals surface area (Å²) in [6.45, 7) is 4.87. The van der Waals surface area contributed by atoms with Crippen LogP contribution < -0.4 is 10.5 Å². The summed E-state index contributed by atoms with van der Waals surface area (Å²) < 4.78 is 5.73. The van der Waals surface area contributed by atoms with Crippen LogP contribution in [0, 0.1) is 5.92 Å². The molecular formula is C13H19ClN2O2. The smallest absolute Gasteiger partial charge is 0.173 e. The molecule has 0 saturated heterocycles. The summed E-state index contributed by atoms with van der Waals surface area (Å²) in [6.07, 6.45) is 2.12. The fraction of sp³-hybridized carbons (Fsp3) is 0.462. The van der Waals surface area contributed by atoms with Gasteiger partial charge in [-0.25, -0.2) is 0 Å². The van der Waals surface area contributed by atoms with E-state index in [4.69, 9.17) is 27.3 Å². The van der Waals surface area contributed by atoms with E-state index >= 15 is 0 Å². The molecule has 4 nitrogen and oxygen atoms in total. The summed E-state index contributed by atoms with van der Waals surface area (Å²) in [5, 5.41) is 12.2. The van der Waals surface area contributed by atoms with Crippen molar-refractivity contribution < 1.29 is 9.94 Å². The minimum atomic E-state index is -0.00273. The maximum atomic E-state index is 8.74. The normalized spacial score (nSPS) is 11.9. The molecule has 1 aromatic rings. The van der Waals surface area contributed by atoms with Gasteiger partial charge in [-0.3, -0.25) is 0 Å². The van der Waals surface area contributed by atoms with Gasteiger partial charge in [-0.15, -0.1) is 0 Å². The third-order valence-corrected chi connectivity index (χ3v) is 3.19. The lowest BCUT2D eigenvalue weighted by atomic mass is 10.1. The van der Waals surface area contributed by atoms with E-state index < -0.39 is 0 Å². The van der Waals surface area contributed by atoms with Crippen LogP contribution in [-0.2, 0) is 0 Å². The fourth-order valence-electron chi connectivity index (χ4n) is 1.61. The van der Waals surface area contributed by atoms with Crippen molar-refractivity contribution in [3.8, 4) is 5.75 Å². The Morgan fingerprint density at radius 1 is 1.44 bits per heavy atom. The molecule has 0 saturated carbocycles. The van der Waals surface area contributed by atoms with E-state index in [2.05, 4.69) is 19.0 Å². The molecule has 18 heavy (non-hydrogen) atoms. The second-order valence-corrected chi connectivity index (χ2v) is 4.56. The van der Waals surface area contributed by atoms with Crippen LogP contribution in [0.25, 0.3) is 0 Å².